The fourth-order valence-electron chi connectivity index (χ4n) is 1.46. The molecule has 4 heteroatoms. The molecule has 0 amide bonds. The van der Waals surface area contributed by atoms with Gasteiger partial charge in [-0.3, -0.25) is 9.97 Å². The minimum Gasteiger partial charge on any atom is -0.478 e. The summed E-state index contributed by atoms with van der Waals surface area (Å²) < 4.78 is 0. The highest BCUT2D eigenvalue weighted by Crippen LogP contribution is 2.19. The standard InChI is InChI=1S/C12H10N2O2/c1-8-11(14-7-6-13-8)9-2-4-10(5-3-9)12(15)16/h2-7H,1H3,(H,15,16). The van der Waals surface area contributed by atoms with Crippen LogP contribution in [0.3, 0.4) is 0 Å². The Morgan fingerprint density at radius 3 is 2.31 bits per heavy atom. The first kappa shape index (κ1) is 10.3. The quantitative estimate of drug-likeness (QED) is 0.831. The van der Waals surface area contributed by atoms with E-state index in [9.17, 15) is 4.79 Å². The van der Waals surface area contributed by atoms with E-state index in [1.165, 1.54) is 0 Å². The Balaban J connectivity index is 2.43. The molecule has 0 radical (unpaired) electrons. The number of hydrogen-bond acceptors (Lipinski definition) is 3. The van der Waals surface area contributed by atoms with Crippen LogP contribution in [0.2, 0.25) is 0 Å². The highest BCUT2D eigenvalue weighted by Gasteiger charge is 2.06. The summed E-state index contributed by atoms with van der Waals surface area (Å²) in [6.07, 6.45) is 3.25. The van der Waals surface area contributed by atoms with Crippen LogP contribution in [-0.4, -0.2) is 21.0 Å². The second-order valence-corrected chi connectivity index (χ2v) is 3.37. The molecule has 80 valence electrons. The Morgan fingerprint density at radius 2 is 1.75 bits per heavy atom. The Morgan fingerprint density at radius 1 is 1.12 bits per heavy atom. The van der Waals surface area contributed by atoms with E-state index in [2.05, 4.69) is 9.97 Å². The molecule has 2 aromatic rings. The zero-order valence-corrected chi connectivity index (χ0v) is 8.71. The Hall–Kier alpha value is -2.23. The number of aryl methyl sites for hydroxylation is 1. The van der Waals surface area contributed by atoms with Gasteiger partial charge in [0.25, 0.3) is 0 Å². The van der Waals surface area contributed by atoms with E-state index in [4.69, 9.17) is 5.11 Å². The van der Waals surface area contributed by atoms with Gasteiger partial charge in [-0.1, -0.05) is 12.1 Å². The normalized spacial score (nSPS) is 10.1. The van der Waals surface area contributed by atoms with E-state index in [-0.39, 0.29) is 5.56 Å². The van der Waals surface area contributed by atoms with Crippen LogP contribution in [0, 0.1) is 6.92 Å². The van der Waals surface area contributed by atoms with Gasteiger partial charge < -0.3 is 5.11 Å². The molecule has 0 fully saturated rings. The van der Waals surface area contributed by atoms with Crippen LogP contribution in [0.4, 0.5) is 0 Å². The van der Waals surface area contributed by atoms with Crippen molar-refractivity contribution in [2.45, 2.75) is 6.92 Å². The number of aromatic nitrogens is 2. The lowest BCUT2D eigenvalue weighted by Gasteiger charge is -2.03. The third-order valence-electron chi connectivity index (χ3n) is 2.29. The van der Waals surface area contributed by atoms with Gasteiger partial charge in [-0.15, -0.1) is 0 Å². The lowest BCUT2D eigenvalue weighted by atomic mass is 10.1. The van der Waals surface area contributed by atoms with Gasteiger partial charge in [0.1, 0.15) is 0 Å². The van der Waals surface area contributed by atoms with Crippen LogP contribution in [0.5, 0.6) is 0 Å². The van der Waals surface area contributed by atoms with Crippen molar-refractivity contribution < 1.29 is 9.90 Å². The number of carbonyl (C=O) groups is 1. The number of aromatic carboxylic acids is 1. The highest BCUT2D eigenvalue weighted by atomic mass is 16.4. The maximum absolute atomic E-state index is 10.7. The first-order valence-electron chi connectivity index (χ1n) is 4.80. The van der Waals surface area contributed by atoms with Crippen LogP contribution >= 0.6 is 0 Å². The second-order valence-electron chi connectivity index (χ2n) is 3.37. The molecule has 0 saturated heterocycles. The molecule has 1 aromatic carbocycles. The predicted molar refractivity (Wildman–Crippen MR) is 59.2 cm³/mol. The molecule has 0 unspecified atom stereocenters. The monoisotopic (exact) mass is 214 g/mol. The summed E-state index contributed by atoms with van der Waals surface area (Å²) in [7, 11) is 0. The fraction of sp³-hybridized carbons (Fsp3) is 0.0833. The second kappa shape index (κ2) is 4.10. The van der Waals surface area contributed by atoms with Crippen LogP contribution < -0.4 is 0 Å². The van der Waals surface area contributed by atoms with Crippen LogP contribution in [0.25, 0.3) is 11.3 Å². The molecule has 2 rings (SSSR count). The van der Waals surface area contributed by atoms with Crippen molar-refractivity contribution in [2.75, 3.05) is 0 Å². The van der Waals surface area contributed by atoms with Gasteiger partial charge in [-0.2, -0.15) is 0 Å². The van der Waals surface area contributed by atoms with Gasteiger partial charge in [-0.25, -0.2) is 4.79 Å². The van der Waals surface area contributed by atoms with E-state index < -0.39 is 5.97 Å². The van der Waals surface area contributed by atoms with Gasteiger partial charge in [0.2, 0.25) is 0 Å². The Bertz CT molecular complexity index is 521. The molecule has 1 aromatic heterocycles. The van der Waals surface area contributed by atoms with Gasteiger partial charge >= 0.3 is 5.97 Å². The third-order valence-corrected chi connectivity index (χ3v) is 2.29. The van der Waals surface area contributed by atoms with E-state index in [1.807, 2.05) is 6.92 Å². The molecule has 0 aliphatic carbocycles. The smallest absolute Gasteiger partial charge is 0.335 e. The Kier molecular flexibility index (Phi) is 2.64. The number of nitrogens with zero attached hydrogens (tertiary/aromatic N) is 2. The van der Waals surface area contributed by atoms with Gasteiger partial charge in [0.15, 0.2) is 0 Å². The summed E-state index contributed by atoms with van der Waals surface area (Å²) in [5.41, 5.74) is 2.74. The van der Waals surface area contributed by atoms with E-state index >= 15 is 0 Å². The summed E-state index contributed by atoms with van der Waals surface area (Å²) >= 11 is 0. The van der Waals surface area contributed by atoms with Gasteiger partial charge in [0, 0.05) is 18.0 Å². The van der Waals surface area contributed by atoms with Gasteiger partial charge in [0.05, 0.1) is 17.0 Å². The summed E-state index contributed by atoms with van der Waals surface area (Å²) in [5, 5.41) is 8.77. The lowest BCUT2D eigenvalue weighted by molar-refractivity contribution is 0.0697. The van der Waals surface area contributed by atoms with E-state index in [0.717, 1.165) is 17.0 Å². The number of rotatable bonds is 2. The lowest BCUT2D eigenvalue weighted by Crippen LogP contribution is -1.96. The molecule has 0 saturated carbocycles. The molecule has 0 aliphatic heterocycles. The van der Waals surface area contributed by atoms with Crippen molar-refractivity contribution in [2.24, 2.45) is 0 Å². The van der Waals surface area contributed by atoms with E-state index in [0.29, 0.717) is 0 Å². The topological polar surface area (TPSA) is 63.1 Å². The fourth-order valence-corrected chi connectivity index (χ4v) is 1.46. The average molecular weight is 214 g/mol. The van der Waals surface area contributed by atoms with Crippen LogP contribution in [-0.2, 0) is 0 Å². The predicted octanol–water partition coefficient (Wildman–Crippen LogP) is 2.15. The molecule has 16 heavy (non-hydrogen) atoms. The molecule has 0 bridgehead atoms. The Labute approximate surface area is 92.6 Å². The minimum atomic E-state index is -0.928. The maximum Gasteiger partial charge on any atom is 0.335 e. The average Bonchev–Trinajstić information content (AvgIpc) is 2.30. The molecule has 1 heterocycles. The van der Waals surface area contributed by atoms with Crippen molar-refractivity contribution in [3.8, 4) is 11.3 Å². The van der Waals surface area contributed by atoms with Gasteiger partial charge in [-0.05, 0) is 19.1 Å². The van der Waals surface area contributed by atoms with Crippen molar-refractivity contribution in [1.29, 1.82) is 0 Å². The van der Waals surface area contributed by atoms with Crippen molar-refractivity contribution >= 4 is 5.97 Å². The number of carboxylic acid groups (broad SMARTS) is 1. The van der Waals surface area contributed by atoms with Crippen LogP contribution in [0.1, 0.15) is 16.1 Å². The molecule has 0 aliphatic rings. The number of benzene rings is 1. The van der Waals surface area contributed by atoms with Crippen LogP contribution in [0.15, 0.2) is 36.7 Å². The van der Waals surface area contributed by atoms with E-state index in [1.54, 1.807) is 36.7 Å². The largest absolute Gasteiger partial charge is 0.478 e. The SMILES string of the molecule is Cc1nccnc1-c1ccc(C(=O)O)cc1. The summed E-state index contributed by atoms with van der Waals surface area (Å²) in [6.45, 7) is 1.87. The first-order chi connectivity index (χ1) is 7.68. The zero-order valence-electron chi connectivity index (χ0n) is 8.71. The summed E-state index contributed by atoms with van der Waals surface area (Å²) in [4.78, 5) is 19.0. The van der Waals surface area contributed by atoms with Crippen molar-refractivity contribution in [3.63, 3.8) is 0 Å². The first-order valence-corrected chi connectivity index (χ1v) is 4.80. The molecular formula is C12H10N2O2. The molecule has 0 atom stereocenters. The number of hydrogen-bond donors (Lipinski definition) is 1. The van der Waals surface area contributed by atoms with Crippen molar-refractivity contribution in [3.05, 3.63) is 47.9 Å². The maximum atomic E-state index is 10.7. The third kappa shape index (κ3) is 1.91. The molecule has 0 spiro atoms. The number of carboxylic acids is 1. The molecule has 1 N–H and O–H groups in total. The molecule has 4 nitrogen and oxygen atoms in total. The summed E-state index contributed by atoms with van der Waals surface area (Å²) in [5.74, 6) is -0.928. The van der Waals surface area contributed by atoms with Crippen molar-refractivity contribution in [1.82, 2.24) is 9.97 Å². The zero-order chi connectivity index (χ0) is 11.5. The molecular weight excluding hydrogens is 204 g/mol. The summed E-state index contributed by atoms with van der Waals surface area (Å²) in [6, 6.07) is 6.60. The highest BCUT2D eigenvalue weighted by molar-refractivity contribution is 5.88. The minimum absolute atomic E-state index is 0.269.